The van der Waals surface area contributed by atoms with Gasteiger partial charge in [-0.1, -0.05) is 0 Å². The number of carbonyl (C=O) groups is 1. The van der Waals surface area contributed by atoms with E-state index in [4.69, 9.17) is 14.2 Å². The Morgan fingerprint density at radius 3 is 2.59 bits per heavy atom. The van der Waals surface area contributed by atoms with Crippen LogP contribution in [0.25, 0.3) is 0 Å². The van der Waals surface area contributed by atoms with Gasteiger partial charge in [0.05, 0.1) is 25.0 Å². The zero-order valence-corrected chi connectivity index (χ0v) is 16.6. The zero-order chi connectivity index (χ0) is 19.2. The Balaban J connectivity index is 1.46. The van der Waals surface area contributed by atoms with Gasteiger partial charge < -0.3 is 14.2 Å². The van der Waals surface area contributed by atoms with Crippen LogP contribution < -0.4 is 14.8 Å². The second-order valence-corrected chi connectivity index (χ2v) is 7.47. The molecular formula is C19H25N3O4S. The number of carbonyl (C=O) groups excluding carboxylic acids is 1. The minimum atomic E-state index is -0.236. The topological polar surface area (TPSA) is 72.9 Å². The summed E-state index contributed by atoms with van der Waals surface area (Å²) in [5, 5.41) is 5.35. The summed E-state index contributed by atoms with van der Waals surface area (Å²) >= 11 is 1.42. The van der Waals surface area contributed by atoms with Gasteiger partial charge in [-0.05, 0) is 38.1 Å². The first-order chi connectivity index (χ1) is 13.0. The van der Waals surface area contributed by atoms with E-state index in [1.807, 2.05) is 5.38 Å². The summed E-state index contributed by atoms with van der Waals surface area (Å²) in [6.07, 6.45) is 0.448. The molecule has 1 amide bonds. The minimum absolute atomic E-state index is 0.0697. The number of nitrogens with one attached hydrogen (secondary N) is 1. The molecule has 2 atom stereocenters. The molecule has 1 saturated heterocycles. The standard InChI is InChI=1S/C19H25N3O4S/c1-13-8-22(9-14(2)26-13)10-15-12-27-19(20-15)21-18(23)11-25-17-6-4-16(24-3)5-7-17/h4-7,12-14H,8-11H2,1-3H3,(H,20,21,23). The molecule has 8 heteroatoms. The van der Waals surface area contributed by atoms with Gasteiger partial charge in [0, 0.05) is 25.0 Å². The van der Waals surface area contributed by atoms with Crippen molar-refractivity contribution in [1.82, 2.24) is 9.88 Å². The molecule has 1 fully saturated rings. The fourth-order valence-corrected chi connectivity index (χ4v) is 3.77. The second-order valence-electron chi connectivity index (χ2n) is 6.61. The first kappa shape index (κ1) is 19.6. The molecule has 7 nitrogen and oxygen atoms in total. The monoisotopic (exact) mass is 391 g/mol. The first-order valence-corrected chi connectivity index (χ1v) is 9.78. The van der Waals surface area contributed by atoms with Gasteiger partial charge in [-0.3, -0.25) is 15.0 Å². The molecule has 0 radical (unpaired) electrons. The number of benzene rings is 1. The number of hydrogen-bond donors (Lipinski definition) is 1. The summed E-state index contributed by atoms with van der Waals surface area (Å²) in [5.74, 6) is 1.12. The zero-order valence-electron chi connectivity index (χ0n) is 15.8. The lowest BCUT2D eigenvalue weighted by atomic mass is 10.2. The SMILES string of the molecule is COc1ccc(OCC(=O)Nc2nc(CN3CC(C)OC(C)C3)cs2)cc1. The molecule has 1 N–H and O–H groups in total. The molecular weight excluding hydrogens is 366 g/mol. The molecule has 2 aromatic rings. The quantitative estimate of drug-likeness (QED) is 0.782. The number of morpholine rings is 1. The summed E-state index contributed by atoms with van der Waals surface area (Å²) in [7, 11) is 1.60. The van der Waals surface area contributed by atoms with E-state index in [2.05, 4.69) is 29.0 Å². The Labute approximate surface area is 163 Å². The maximum Gasteiger partial charge on any atom is 0.264 e. The number of anilines is 1. The van der Waals surface area contributed by atoms with Crippen LogP contribution in [-0.4, -0.2) is 54.8 Å². The van der Waals surface area contributed by atoms with Crippen molar-refractivity contribution in [3.63, 3.8) is 0 Å². The number of rotatable bonds is 7. The summed E-state index contributed by atoms with van der Waals surface area (Å²) < 4.78 is 16.3. The van der Waals surface area contributed by atoms with Crippen LogP contribution in [0.1, 0.15) is 19.5 Å². The molecule has 1 aromatic carbocycles. The van der Waals surface area contributed by atoms with E-state index in [0.29, 0.717) is 10.9 Å². The fraction of sp³-hybridized carbons (Fsp3) is 0.474. The average molecular weight is 391 g/mol. The van der Waals surface area contributed by atoms with Crippen LogP contribution in [0.3, 0.4) is 0 Å². The van der Waals surface area contributed by atoms with Crippen molar-refractivity contribution in [3.05, 3.63) is 35.3 Å². The van der Waals surface area contributed by atoms with E-state index in [-0.39, 0.29) is 24.7 Å². The number of methoxy groups -OCH3 is 1. The molecule has 1 aliphatic heterocycles. The molecule has 0 aliphatic carbocycles. The van der Waals surface area contributed by atoms with E-state index in [9.17, 15) is 4.79 Å². The van der Waals surface area contributed by atoms with E-state index < -0.39 is 0 Å². The van der Waals surface area contributed by atoms with Crippen LogP contribution in [0.4, 0.5) is 5.13 Å². The van der Waals surface area contributed by atoms with Crippen molar-refractivity contribution in [2.24, 2.45) is 0 Å². The Hall–Kier alpha value is -2.16. The van der Waals surface area contributed by atoms with E-state index >= 15 is 0 Å². The average Bonchev–Trinajstić information content (AvgIpc) is 3.06. The Morgan fingerprint density at radius 1 is 1.26 bits per heavy atom. The van der Waals surface area contributed by atoms with Gasteiger partial charge >= 0.3 is 0 Å². The molecule has 3 rings (SSSR count). The third-order valence-corrected chi connectivity index (χ3v) is 4.91. The van der Waals surface area contributed by atoms with Crippen molar-refractivity contribution in [3.8, 4) is 11.5 Å². The van der Waals surface area contributed by atoms with Crippen LogP contribution in [0.15, 0.2) is 29.6 Å². The largest absolute Gasteiger partial charge is 0.497 e. The maximum absolute atomic E-state index is 12.1. The third-order valence-electron chi connectivity index (χ3n) is 4.11. The number of ether oxygens (including phenoxy) is 3. The third kappa shape index (κ3) is 5.92. The van der Waals surface area contributed by atoms with Crippen LogP contribution in [0.5, 0.6) is 11.5 Å². The highest BCUT2D eigenvalue weighted by Crippen LogP contribution is 2.20. The normalized spacial score (nSPS) is 20.3. The Kier molecular flexibility index (Phi) is 6.65. The van der Waals surface area contributed by atoms with Crippen LogP contribution in [0.2, 0.25) is 0 Å². The van der Waals surface area contributed by atoms with Crippen LogP contribution in [0, 0.1) is 0 Å². The molecule has 0 spiro atoms. The van der Waals surface area contributed by atoms with Crippen LogP contribution in [-0.2, 0) is 16.1 Å². The number of nitrogens with zero attached hydrogens (tertiary/aromatic N) is 2. The molecule has 0 saturated carbocycles. The summed E-state index contributed by atoms with van der Waals surface area (Å²) in [4.78, 5) is 18.9. The number of hydrogen-bond acceptors (Lipinski definition) is 7. The molecule has 2 heterocycles. The summed E-state index contributed by atoms with van der Waals surface area (Å²) in [6.45, 7) is 6.63. The van der Waals surface area contributed by atoms with Crippen LogP contribution >= 0.6 is 11.3 Å². The van der Waals surface area contributed by atoms with Gasteiger partial charge in [-0.25, -0.2) is 4.98 Å². The Bertz CT molecular complexity index is 740. The molecule has 1 aromatic heterocycles. The fourth-order valence-electron chi connectivity index (χ4n) is 3.06. The van der Waals surface area contributed by atoms with E-state index in [0.717, 1.165) is 31.1 Å². The van der Waals surface area contributed by atoms with Crippen molar-refractivity contribution in [1.29, 1.82) is 0 Å². The number of aromatic nitrogens is 1. The number of amides is 1. The predicted molar refractivity (Wildman–Crippen MR) is 105 cm³/mol. The molecule has 146 valence electrons. The lowest BCUT2D eigenvalue weighted by Crippen LogP contribution is -2.44. The smallest absolute Gasteiger partial charge is 0.264 e. The van der Waals surface area contributed by atoms with Gasteiger partial charge in [-0.2, -0.15) is 0 Å². The highest BCUT2D eigenvalue weighted by atomic mass is 32.1. The number of thiazole rings is 1. The lowest BCUT2D eigenvalue weighted by molar-refractivity contribution is -0.118. The molecule has 2 unspecified atom stereocenters. The first-order valence-electron chi connectivity index (χ1n) is 8.90. The van der Waals surface area contributed by atoms with Crippen molar-refractivity contribution in [2.45, 2.75) is 32.6 Å². The highest BCUT2D eigenvalue weighted by molar-refractivity contribution is 7.13. The summed E-state index contributed by atoms with van der Waals surface area (Å²) in [5.41, 5.74) is 0.952. The van der Waals surface area contributed by atoms with Gasteiger partial charge in [0.15, 0.2) is 11.7 Å². The highest BCUT2D eigenvalue weighted by Gasteiger charge is 2.22. The van der Waals surface area contributed by atoms with Crippen molar-refractivity contribution < 1.29 is 19.0 Å². The second kappa shape index (κ2) is 9.16. The van der Waals surface area contributed by atoms with Gasteiger partial charge in [0.2, 0.25) is 0 Å². The van der Waals surface area contributed by atoms with Crippen molar-refractivity contribution in [2.75, 3.05) is 32.1 Å². The van der Waals surface area contributed by atoms with E-state index in [1.54, 1.807) is 31.4 Å². The molecule has 27 heavy (non-hydrogen) atoms. The maximum atomic E-state index is 12.1. The predicted octanol–water partition coefficient (Wildman–Crippen LogP) is 2.78. The lowest BCUT2D eigenvalue weighted by Gasteiger charge is -2.34. The van der Waals surface area contributed by atoms with E-state index in [1.165, 1.54) is 11.3 Å². The minimum Gasteiger partial charge on any atom is -0.497 e. The Morgan fingerprint density at radius 2 is 1.93 bits per heavy atom. The van der Waals surface area contributed by atoms with Gasteiger partial charge in [0.1, 0.15) is 11.5 Å². The molecule has 1 aliphatic rings. The molecule has 0 bridgehead atoms. The van der Waals surface area contributed by atoms with Gasteiger partial charge in [0.25, 0.3) is 5.91 Å². The van der Waals surface area contributed by atoms with Gasteiger partial charge in [-0.15, -0.1) is 11.3 Å². The summed E-state index contributed by atoms with van der Waals surface area (Å²) in [6, 6.07) is 7.09. The van der Waals surface area contributed by atoms with Crippen molar-refractivity contribution >= 4 is 22.4 Å².